The van der Waals surface area contributed by atoms with E-state index in [1.54, 1.807) is 47.1 Å². The van der Waals surface area contributed by atoms with E-state index in [9.17, 15) is 4.79 Å². The summed E-state index contributed by atoms with van der Waals surface area (Å²) in [6, 6.07) is 10.2. The lowest BCUT2D eigenvalue weighted by Crippen LogP contribution is -2.23. The van der Waals surface area contributed by atoms with E-state index in [2.05, 4.69) is 15.3 Å². The number of ether oxygens (including phenoxy) is 1. The molecule has 0 unspecified atom stereocenters. The van der Waals surface area contributed by atoms with Gasteiger partial charge < -0.3 is 20.2 Å². The number of anilines is 1. The predicted molar refractivity (Wildman–Crippen MR) is 121 cm³/mol. The molecule has 1 aromatic carbocycles. The summed E-state index contributed by atoms with van der Waals surface area (Å²) in [5, 5.41) is 4.35. The van der Waals surface area contributed by atoms with E-state index in [0.717, 1.165) is 5.65 Å². The van der Waals surface area contributed by atoms with Gasteiger partial charge in [0.1, 0.15) is 12.3 Å². The number of nitrogens with two attached hydrogens (primary N) is 1. The number of aromatic nitrogens is 3. The monoisotopic (exact) mass is 475 g/mol. The lowest BCUT2D eigenvalue weighted by atomic mass is 10.2. The minimum atomic E-state index is -0.344. The third kappa shape index (κ3) is 4.85. The van der Waals surface area contributed by atoms with E-state index in [4.69, 9.17) is 45.3 Å². The van der Waals surface area contributed by atoms with Gasteiger partial charge in [-0.05, 0) is 30.3 Å². The van der Waals surface area contributed by atoms with Gasteiger partial charge in [-0.25, -0.2) is 9.97 Å². The van der Waals surface area contributed by atoms with Crippen LogP contribution >= 0.6 is 34.8 Å². The maximum atomic E-state index is 12.6. The first kappa shape index (κ1) is 21.2. The second-order valence-corrected chi connectivity index (χ2v) is 7.87. The molecular formula is C21H16Cl3N5O2. The minimum absolute atomic E-state index is 0.0826. The average Bonchev–Trinajstić information content (AvgIpc) is 3.14. The van der Waals surface area contributed by atoms with Gasteiger partial charge in [0.2, 0.25) is 0 Å². The zero-order chi connectivity index (χ0) is 22.0. The molecule has 0 saturated heterocycles. The van der Waals surface area contributed by atoms with E-state index < -0.39 is 0 Å². The summed E-state index contributed by atoms with van der Waals surface area (Å²) in [6.07, 6.45) is 4.92. The summed E-state index contributed by atoms with van der Waals surface area (Å²) in [4.78, 5) is 21.1. The van der Waals surface area contributed by atoms with Crippen LogP contribution in [0.4, 0.5) is 5.82 Å². The van der Waals surface area contributed by atoms with Crippen molar-refractivity contribution in [3.63, 3.8) is 0 Å². The number of halogens is 3. The van der Waals surface area contributed by atoms with Crippen LogP contribution in [0.5, 0.6) is 5.75 Å². The molecule has 0 aliphatic carbocycles. The summed E-state index contributed by atoms with van der Waals surface area (Å²) in [5.41, 5.74) is 8.22. The molecule has 0 radical (unpaired) electrons. The normalized spacial score (nSPS) is 10.9. The van der Waals surface area contributed by atoms with Crippen LogP contribution in [-0.2, 0) is 13.2 Å². The van der Waals surface area contributed by atoms with Crippen molar-refractivity contribution in [3.05, 3.63) is 86.9 Å². The van der Waals surface area contributed by atoms with Crippen LogP contribution in [0.15, 0.2) is 55.0 Å². The van der Waals surface area contributed by atoms with Gasteiger partial charge >= 0.3 is 0 Å². The summed E-state index contributed by atoms with van der Waals surface area (Å²) in [5.74, 6) is 0.0613. The first-order valence-corrected chi connectivity index (χ1v) is 10.3. The Morgan fingerprint density at radius 1 is 1.13 bits per heavy atom. The highest BCUT2D eigenvalue weighted by molar-refractivity contribution is 6.36. The third-order valence-corrected chi connectivity index (χ3v) is 5.40. The first-order chi connectivity index (χ1) is 14.9. The Bertz CT molecular complexity index is 1260. The van der Waals surface area contributed by atoms with Gasteiger partial charge in [-0.1, -0.05) is 40.9 Å². The third-order valence-electron chi connectivity index (χ3n) is 4.47. The van der Waals surface area contributed by atoms with Crippen LogP contribution < -0.4 is 15.8 Å². The number of amides is 1. The van der Waals surface area contributed by atoms with E-state index in [-0.39, 0.29) is 30.6 Å². The maximum Gasteiger partial charge on any atom is 0.253 e. The molecule has 31 heavy (non-hydrogen) atoms. The highest BCUT2D eigenvalue weighted by Crippen LogP contribution is 2.27. The van der Waals surface area contributed by atoms with E-state index in [0.29, 0.717) is 31.9 Å². The number of hydrogen-bond acceptors (Lipinski definition) is 5. The van der Waals surface area contributed by atoms with Crippen molar-refractivity contribution < 1.29 is 9.53 Å². The fourth-order valence-electron chi connectivity index (χ4n) is 2.89. The van der Waals surface area contributed by atoms with Crippen molar-refractivity contribution >= 4 is 52.2 Å². The fraction of sp³-hybridized carbons (Fsp3) is 0.0952. The fourth-order valence-corrected chi connectivity index (χ4v) is 3.57. The number of nitrogen functional groups attached to an aromatic ring is 1. The van der Waals surface area contributed by atoms with Crippen LogP contribution in [0.1, 0.15) is 21.6 Å². The van der Waals surface area contributed by atoms with Crippen molar-refractivity contribution in [2.75, 3.05) is 5.73 Å². The Morgan fingerprint density at radius 2 is 1.90 bits per heavy atom. The van der Waals surface area contributed by atoms with Crippen LogP contribution in [0.3, 0.4) is 0 Å². The van der Waals surface area contributed by atoms with Gasteiger partial charge in [0.05, 0.1) is 22.8 Å². The minimum Gasteiger partial charge on any atom is -0.485 e. The number of benzene rings is 1. The van der Waals surface area contributed by atoms with Gasteiger partial charge in [-0.15, -0.1) is 0 Å². The number of imidazole rings is 1. The zero-order valence-electron chi connectivity index (χ0n) is 16.0. The number of pyridine rings is 2. The van der Waals surface area contributed by atoms with Crippen molar-refractivity contribution in [2.45, 2.75) is 13.2 Å². The Labute approximate surface area is 192 Å². The molecule has 10 heteroatoms. The number of carbonyl (C=O) groups is 1. The molecular weight excluding hydrogens is 461 g/mol. The molecule has 3 N–H and O–H groups in total. The predicted octanol–water partition coefficient (Wildman–Crippen LogP) is 4.78. The topological polar surface area (TPSA) is 94.5 Å². The molecule has 7 nitrogen and oxygen atoms in total. The number of nitrogens with one attached hydrogen (secondary N) is 1. The number of hydrogen-bond donors (Lipinski definition) is 2. The van der Waals surface area contributed by atoms with Crippen molar-refractivity contribution in [1.29, 1.82) is 0 Å². The Balaban J connectivity index is 1.44. The molecule has 0 saturated carbocycles. The number of nitrogens with zero attached hydrogens (tertiary/aromatic N) is 3. The summed E-state index contributed by atoms with van der Waals surface area (Å²) >= 11 is 18.3. The molecule has 0 aliphatic rings. The molecule has 0 bridgehead atoms. The molecule has 4 aromatic rings. The van der Waals surface area contributed by atoms with E-state index in [1.807, 2.05) is 0 Å². The van der Waals surface area contributed by atoms with Crippen LogP contribution in [-0.4, -0.2) is 20.3 Å². The van der Waals surface area contributed by atoms with Crippen molar-refractivity contribution in [1.82, 2.24) is 19.7 Å². The molecule has 3 heterocycles. The van der Waals surface area contributed by atoms with Gasteiger partial charge in [0.15, 0.2) is 11.6 Å². The average molecular weight is 477 g/mol. The van der Waals surface area contributed by atoms with Crippen LogP contribution in [0.2, 0.25) is 15.1 Å². The Morgan fingerprint density at radius 3 is 2.68 bits per heavy atom. The molecule has 0 fully saturated rings. The van der Waals surface area contributed by atoms with Gasteiger partial charge in [0.25, 0.3) is 5.91 Å². The molecule has 3 aromatic heterocycles. The molecule has 4 rings (SSSR count). The van der Waals surface area contributed by atoms with Gasteiger partial charge in [-0.2, -0.15) is 0 Å². The highest BCUT2D eigenvalue weighted by Gasteiger charge is 2.13. The summed E-state index contributed by atoms with van der Waals surface area (Å²) in [7, 11) is 0. The zero-order valence-corrected chi connectivity index (χ0v) is 18.2. The summed E-state index contributed by atoms with van der Waals surface area (Å²) < 4.78 is 7.52. The van der Waals surface area contributed by atoms with Gasteiger partial charge in [0, 0.05) is 34.2 Å². The summed E-state index contributed by atoms with van der Waals surface area (Å²) in [6.45, 7) is 0.313. The Kier molecular flexibility index (Phi) is 6.18. The SMILES string of the molecule is Nc1ncc(C(=O)NCc2cn3cc(Cl)ccc3n2)cc1OCc1c(Cl)cccc1Cl. The second-order valence-electron chi connectivity index (χ2n) is 6.62. The van der Waals surface area contributed by atoms with E-state index in [1.165, 1.54) is 12.3 Å². The van der Waals surface area contributed by atoms with Crippen molar-refractivity contribution in [3.8, 4) is 5.75 Å². The molecule has 0 atom stereocenters. The highest BCUT2D eigenvalue weighted by atomic mass is 35.5. The lowest BCUT2D eigenvalue weighted by molar-refractivity contribution is 0.0949. The number of carbonyl (C=O) groups excluding carboxylic acids is 1. The van der Waals surface area contributed by atoms with E-state index >= 15 is 0 Å². The standard InChI is InChI=1S/C21H16Cl3N5O2/c22-13-4-5-19-28-14(10-29(19)9-13)8-27-21(30)12-6-18(20(25)26-7-12)31-11-15-16(23)2-1-3-17(15)24/h1-7,9-10H,8,11H2,(H2,25,26)(H,27,30). The van der Waals surface area contributed by atoms with Crippen LogP contribution in [0.25, 0.3) is 5.65 Å². The van der Waals surface area contributed by atoms with Gasteiger partial charge in [-0.3, -0.25) is 4.79 Å². The quantitative estimate of drug-likeness (QED) is 0.417. The second kappa shape index (κ2) is 9.01. The maximum absolute atomic E-state index is 12.6. The number of fused-ring (bicyclic) bond motifs is 1. The van der Waals surface area contributed by atoms with Crippen molar-refractivity contribution in [2.24, 2.45) is 0 Å². The number of rotatable bonds is 6. The molecule has 158 valence electrons. The lowest BCUT2D eigenvalue weighted by Gasteiger charge is -2.12. The molecule has 0 aliphatic heterocycles. The molecule has 0 spiro atoms. The van der Waals surface area contributed by atoms with Crippen LogP contribution in [0, 0.1) is 0 Å². The first-order valence-electron chi connectivity index (χ1n) is 9.13. The largest absolute Gasteiger partial charge is 0.485 e. The Hall–Kier alpha value is -3.00. The smallest absolute Gasteiger partial charge is 0.253 e. The molecule has 1 amide bonds.